The minimum atomic E-state index is -1.09. The standard InChI is InChI=1S/4C7H11O3.Zr/c4*1-3-4-6(5(2)8)7(9)10;/h4*3-4H2,1-2H3,(H,9,10);/q4*-1;+4. The van der Waals surface area contributed by atoms with Crippen LogP contribution in [0, 0.1) is 23.7 Å². The Balaban J connectivity index is -0.000000139. The first-order valence-corrected chi connectivity index (χ1v) is 12.8. The van der Waals surface area contributed by atoms with Gasteiger partial charge < -0.3 is 39.6 Å². The monoisotopic (exact) mass is 662 g/mol. The van der Waals surface area contributed by atoms with Crippen LogP contribution in [0.25, 0.3) is 0 Å². The van der Waals surface area contributed by atoms with Crippen LogP contribution in [0.5, 0.6) is 0 Å². The smallest absolute Gasteiger partial charge is 0.503 e. The Bertz CT molecular complexity index is 646. The summed E-state index contributed by atoms with van der Waals surface area (Å²) in [5, 5.41) is 33.7. The van der Waals surface area contributed by atoms with E-state index < -0.39 is 23.9 Å². The van der Waals surface area contributed by atoms with E-state index in [0.29, 0.717) is 51.4 Å². The summed E-state index contributed by atoms with van der Waals surface area (Å²) >= 11 is 0. The molecule has 0 fully saturated rings. The van der Waals surface area contributed by atoms with Gasteiger partial charge in [0.15, 0.2) is 23.9 Å². The van der Waals surface area contributed by atoms with E-state index >= 15 is 0 Å². The molecule has 4 N–H and O–H groups in total. The summed E-state index contributed by atoms with van der Waals surface area (Å²) in [7, 11) is 0. The van der Waals surface area contributed by atoms with Crippen molar-refractivity contribution in [2.24, 2.45) is 0 Å². The van der Waals surface area contributed by atoms with Gasteiger partial charge in [-0.05, 0) is 27.7 Å². The second-order valence-corrected chi connectivity index (χ2v) is 8.36. The predicted octanol–water partition coefficient (Wildman–Crippen LogP) is 4.14. The molecule has 41 heavy (non-hydrogen) atoms. The molecule has 13 heteroatoms. The molecule has 0 bridgehead atoms. The number of aliphatic carboxylic acids is 4. The van der Waals surface area contributed by atoms with Crippen molar-refractivity contribution in [1.82, 2.24) is 0 Å². The molecule has 0 heterocycles. The Labute approximate surface area is 261 Å². The number of carbonyl (C=O) groups is 8. The molecule has 0 radical (unpaired) electrons. The molecule has 0 rings (SSSR count). The Kier molecular flexibility index (Phi) is 33.1. The van der Waals surface area contributed by atoms with Crippen LogP contribution in [-0.2, 0) is 64.6 Å². The van der Waals surface area contributed by atoms with Gasteiger partial charge in [0.2, 0.25) is 0 Å². The number of Topliss-reactive ketones (excluding diaryl/α,β-unsaturated/α-hetero) is 4. The Hall–Kier alpha value is -3.08. The number of rotatable bonds is 16. The molecule has 0 spiro atoms. The average Bonchev–Trinajstić information content (AvgIpc) is 2.82. The number of carboxylic acid groups (broad SMARTS) is 4. The summed E-state index contributed by atoms with van der Waals surface area (Å²) in [6.45, 7) is 12.5. The van der Waals surface area contributed by atoms with Crippen LogP contribution in [0.2, 0.25) is 0 Å². The van der Waals surface area contributed by atoms with Gasteiger partial charge in [0.1, 0.15) is 0 Å². The summed E-state index contributed by atoms with van der Waals surface area (Å²) in [5.74, 6) is -5.70. The maximum Gasteiger partial charge on any atom is 4.00 e. The quantitative estimate of drug-likeness (QED) is 0.135. The van der Waals surface area contributed by atoms with Crippen LogP contribution >= 0.6 is 0 Å². The third-order valence-corrected chi connectivity index (χ3v) is 4.73. The van der Waals surface area contributed by atoms with Crippen molar-refractivity contribution in [1.29, 1.82) is 0 Å². The van der Waals surface area contributed by atoms with Crippen LogP contribution in [0.15, 0.2) is 0 Å². The van der Waals surface area contributed by atoms with Gasteiger partial charge >= 0.3 is 26.2 Å². The minimum Gasteiger partial charge on any atom is -0.503 e. The van der Waals surface area contributed by atoms with Crippen LogP contribution in [0.3, 0.4) is 0 Å². The van der Waals surface area contributed by atoms with Crippen LogP contribution in [0.4, 0.5) is 0 Å². The van der Waals surface area contributed by atoms with E-state index in [-0.39, 0.29) is 73.0 Å². The van der Waals surface area contributed by atoms with Gasteiger partial charge in [-0.2, -0.15) is 0 Å². The maximum atomic E-state index is 10.6. The van der Waals surface area contributed by atoms with E-state index in [1.54, 1.807) is 0 Å². The molecule has 0 saturated heterocycles. The second kappa shape index (κ2) is 28.5. The van der Waals surface area contributed by atoms with Crippen molar-refractivity contribution in [2.45, 2.75) is 107 Å². The Morgan fingerprint density at radius 1 is 0.390 bits per heavy atom. The van der Waals surface area contributed by atoms with Crippen molar-refractivity contribution in [3.05, 3.63) is 23.7 Å². The first-order chi connectivity index (χ1) is 18.4. The third-order valence-electron chi connectivity index (χ3n) is 4.73. The molecule has 232 valence electrons. The number of hydrogen-bond acceptors (Lipinski definition) is 8. The van der Waals surface area contributed by atoms with Crippen molar-refractivity contribution < 1.29 is 85.0 Å². The number of carboxylic acids is 4. The van der Waals surface area contributed by atoms with Gasteiger partial charge in [0.05, 0.1) is 0 Å². The minimum absolute atomic E-state index is 0. The fraction of sp³-hybridized carbons (Fsp3) is 0.571. The topological polar surface area (TPSA) is 217 Å². The molecule has 12 nitrogen and oxygen atoms in total. The predicted molar refractivity (Wildman–Crippen MR) is 146 cm³/mol. The van der Waals surface area contributed by atoms with E-state index in [9.17, 15) is 38.4 Å². The molecule has 0 aromatic carbocycles. The normalized spacial score (nSPS) is 8.78. The molecule has 0 aliphatic carbocycles. The van der Waals surface area contributed by atoms with Crippen molar-refractivity contribution in [3.63, 3.8) is 0 Å². The molecular weight excluding hydrogens is 620 g/mol. The molecule has 0 saturated carbocycles. The van der Waals surface area contributed by atoms with E-state index in [2.05, 4.69) is 0 Å². The fourth-order valence-corrected chi connectivity index (χ4v) is 2.73. The van der Waals surface area contributed by atoms with Gasteiger partial charge in [-0.3, -0.25) is 19.2 Å². The van der Waals surface area contributed by atoms with E-state index in [0.717, 1.165) is 0 Å². The average molecular weight is 664 g/mol. The Morgan fingerprint density at radius 3 is 0.537 bits per heavy atom. The van der Waals surface area contributed by atoms with Crippen molar-refractivity contribution in [3.8, 4) is 0 Å². The SMILES string of the molecule is CCC[C-](C(C)=O)C(=O)O.CCC[C-](C(C)=O)C(=O)O.CCC[C-](C(C)=O)C(=O)O.CCC[C-](C(C)=O)C(=O)O.[Zr+4]. The van der Waals surface area contributed by atoms with Crippen molar-refractivity contribution >= 4 is 47.0 Å². The maximum absolute atomic E-state index is 10.6. The van der Waals surface area contributed by atoms with Crippen LogP contribution in [0.1, 0.15) is 107 Å². The molecule has 0 unspecified atom stereocenters. The number of carbonyl (C=O) groups excluding carboxylic acids is 4. The molecule has 0 aliphatic heterocycles. The molecule has 0 atom stereocenters. The van der Waals surface area contributed by atoms with Gasteiger partial charge in [0, 0.05) is 23.1 Å². The third kappa shape index (κ3) is 26.9. The zero-order chi connectivity index (χ0) is 32.6. The summed E-state index contributed by atoms with van der Waals surface area (Å²) in [5.41, 5.74) is 0. The zero-order valence-electron chi connectivity index (χ0n) is 25.2. The second-order valence-electron chi connectivity index (χ2n) is 8.36. The summed E-state index contributed by atoms with van der Waals surface area (Å²) in [6.07, 6.45) is 4.25. The van der Waals surface area contributed by atoms with E-state index in [1.807, 2.05) is 27.7 Å². The van der Waals surface area contributed by atoms with Gasteiger partial charge in [-0.15, -0.1) is 25.7 Å². The Morgan fingerprint density at radius 2 is 0.512 bits per heavy atom. The number of ketones is 4. The summed E-state index contributed by atoms with van der Waals surface area (Å²) in [6, 6.07) is 0. The van der Waals surface area contributed by atoms with Gasteiger partial charge in [0.25, 0.3) is 0 Å². The van der Waals surface area contributed by atoms with Crippen LogP contribution in [-0.4, -0.2) is 67.4 Å². The first kappa shape index (κ1) is 47.7. The van der Waals surface area contributed by atoms with Crippen LogP contribution < -0.4 is 0 Å². The van der Waals surface area contributed by atoms with Gasteiger partial charge in [-0.25, -0.2) is 23.7 Å². The summed E-state index contributed by atoms with van der Waals surface area (Å²) in [4.78, 5) is 83.3. The molecule has 0 aliphatic rings. The van der Waals surface area contributed by atoms with Gasteiger partial charge in [-0.1, -0.05) is 53.4 Å². The molecular formula is C28H44O12Zr. The van der Waals surface area contributed by atoms with E-state index in [4.69, 9.17) is 20.4 Å². The van der Waals surface area contributed by atoms with Crippen molar-refractivity contribution in [2.75, 3.05) is 0 Å². The molecule has 0 aromatic rings. The molecule has 0 amide bonds. The largest absolute Gasteiger partial charge is 4.00 e. The van der Waals surface area contributed by atoms with E-state index in [1.165, 1.54) is 27.7 Å². The summed E-state index contributed by atoms with van der Waals surface area (Å²) < 4.78 is 0. The number of hydrogen-bond donors (Lipinski definition) is 4. The zero-order valence-corrected chi connectivity index (χ0v) is 27.7. The first-order valence-electron chi connectivity index (χ1n) is 12.8. The fourth-order valence-electron chi connectivity index (χ4n) is 2.73. The molecule has 0 aromatic heterocycles.